The lowest BCUT2D eigenvalue weighted by molar-refractivity contribution is 0.272. The monoisotopic (exact) mass is 299 g/mol. The quantitative estimate of drug-likeness (QED) is 0.854. The van der Waals surface area contributed by atoms with Crippen molar-refractivity contribution in [3.8, 4) is 6.07 Å². The van der Waals surface area contributed by atoms with Crippen LogP contribution in [-0.2, 0) is 13.1 Å². The van der Waals surface area contributed by atoms with Crippen molar-refractivity contribution in [1.82, 2.24) is 4.90 Å². The van der Waals surface area contributed by atoms with E-state index < -0.39 is 0 Å². The Labute approximate surface area is 130 Å². The van der Waals surface area contributed by atoms with Crippen molar-refractivity contribution in [2.75, 3.05) is 12.3 Å². The molecule has 0 radical (unpaired) electrons. The fourth-order valence-corrected chi connectivity index (χ4v) is 2.42. The van der Waals surface area contributed by atoms with Gasteiger partial charge < -0.3 is 5.73 Å². The van der Waals surface area contributed by atoms with Crippen LogP contribution in [0.1, 0.15) is 23.6 Å². The lowest BCUT2D eigenvalue weighted by atomic mass is 10.1. The average Bonchev–Trinajstić information content (AvgIpc) is 2.50. The number of nitriles is 1. The molecule has 4 heteroatoms. The van der Waals surface area contributed by atoms with Gasteiger partial charge in [-0.3, -0.25) is 4.90 Å². The molecule has 2 N–H and O–H groups in total. The van der Waals surface area contributed by atoms with E-state index in [1.807, 2.05) is 30.3 Å². The first-order valence-corrected chi connectivity index (χ1v) is 7.26. The van der Waals surface area contributed by atoms with Gasteiger partial charge in [0.1, 0.15) is 0 Å². The van der Waals surface area contributed by atoms with Gasteiger partial charge in [-0.15, -0.1) is 0 Å². The zero-order chi connectivity index (χ0) is 15.2. The summed E-state index contributed by atoms with van der Waals surface area (Å²) in [5, 5.41) is 9.51. The van der Waals surface area contributed by atoms with Crippen molar-refractivity contribution in [2.24, 2.45) is 0 Å². The first-order valence-electron chi connectivity index (χ1n) is 6.88. The van der Waals surface area contributed by atoms with Crippen LogP contribution in [0.15, 0.2) is 42.5 Å². The number of nitrogens with two attached hydrogens (primary N) is 1. The van der Waals surface area contributed by atoms with Crippen LogP contribution in [0, 0.1) is 11.3 Å². The Hall–Kier alpha value is -2.02. The second-order valence-electron chi connectivity index (χ2n) is 4.92. The normalized spacial score (nSPS) is 10.6. The maximum Gasteiger partial charge on any atom is 0.0992 e. The summed E-state index contributed by atoms with van der Waals surface area (Å²) in [5.41, 5.74) is 9.52. The molecule has 2 aromatic rings. The molecule has 0 aliphatic heterocycles. The third kappa shape index (κ3) is 3.98. The second-order valence-corrected chi connectivity index (χ2v) is 5.33. The van der Waals surface area contributed by atoms with Gasteiger partial charge in [-0.1, -0.05) is 42.8 Å². The zero-order valence-corrected chi connectivity index (χ0v) is 12.8. The molecule has 108 valence electrons. The van der Waals surface area contributed by atoms with Crippen LogP contribution in [0.3, 0.4) is 0 Å². The number of hydrogen-bond acceptors (Lipinski definition) is 3. The highest BCUT2D eigenvalue weighted by Crippen LogP contribution is 2.21. The number of anilines is 1. The van der Waals surface area contributed by atoms with E-state index in [2.05, 4.69) is 17.9 Å². The van der Waals surface area contributed by atoms with Gasteiger partial charge >= 0.3 is 0 Å². The van der Waals surface area contributed by atoms with Crippen LogP contribution in [0.5, 0.6) is 0 Å². The first-order chi connectivity index (χ1) is 10.1. The average molecular weight is 300 g/mol. The van der Waals surface area contributed by atoms with Crippen molar-refractivity contribution in [2.45, 2.75) is 20.0 Å². The molecule has 0 saturated heterocycles. The number of nitrogens with zero attached hydrogens (tertiary/aromatic N) is 2. The predicted molar refractivity (Wildman–Crippen MR) is 86.8 cm³/mol. The third-order valence-electron chi connectivity index (χ3n) is 3.47. The van der Waals surface area contributed by atoms with E-state index in [4.69, 9.17) is 22.6 Å². The van der Waals surface area contributed by atoms with E-state index >= 15 is 0 Å². The fourth-order valence-electron chi connectivity index (χ4n) is 2.18. The number of nitrogen functional groups attached to an aromatic ring is 1. The molecule has 0 aromatic heterocycles. The number of halogens is 1. The molecule has 0 atom stereocenters. The molecule has 0 saturated carbocycles. The Kier molecular flexibility index (Phi) is 5.21. The molecule has 0 bridgehead atoms. The van der Waals surface area contributed by atoms with Crippen LogP contribution in [-0.4, -0.2) is 11.4 Å². The summed E-state index contributed by atoms with van der Waals surface area (Å²) in [5.74, 6) is 0. The third-order valence-corrected chi connectivity index (χ3v) is 3.82. The minimum Gasteiger partial charge on any atom is -0.398 e. The zero-order valence-electron chi connectivity index (χ0n) is 12.0. The summed E-state index contributed by atoms with van der Waals surface area (Å²) in [4.78, 5) is 2.26. The largest absolute Gasteiger partial charge is 0.398 e. The molecule has 21 heavy (non-hydrogen) atoms. The standard InChI is InChI=1S/C17H18ClN3/c1-2-21(12-15-5-3-4-6-17(15)20)11-14-8-7-13(10-19)9-16(14)18/h3-9H,2,11-12,20H2,1H3. The first kappa shape index (κ1) is 15.4. The summed E-state index contributed by atoms with van der Waals surface area (Å²) in [7, 11) is 0. The molecule has 0 aliphatic rings. The predicted octanol–water partition coefficient (Wildman–Crippen LogP) is 3.82. The Bertz CT molecular complexity index is 661. The number of para-hydroxylation sites is 1. The molecule has 3 nitrogen and oxygen atoms in total. The van der Waals surface area contributed by atoms with Crippen molar-refractivity contribution in [3.05, 3.63) is 64.2 Å². The summed E-state index contributed by atoms with van der Waals surface area (Å²) in [6, 6.07) is 15.4. The van der Waals surface area contributed by atoms with Gasteiger partial charge in [0.2, 0.25) is 0 Å². The minimum atomic E-state index is 0.583. The van der Waals surface area contributed by atoms with E-state index in [9.17, 15) is 0 Å². The van der Waals surface area contributed by atoms with E-state index in [-0.39, 0.29) is 0 Å². The van der Waals surface area contributed by atoms with Crippen LogP contribution >= 0.6 is 11.6 Å². The lowest BCUT2D eigenvalue weighted by Crippen LogP contribution is -2.23. The van der Waals surface area contributed by atoms with E-state index in [0.29, 0.717) is 10.6 Å². The highest BCUT2D eigenvalue weighted by Gasteiger charge is 2.10. The van der Waals surface area contributed by atoms with Crippen molar-refractivity contribution in [1.29, 1.82) is 5.26 Å². The molecule has 0 spiro atoms. The van der Waals surface area contributed by atoms with Crippen molar-refractivity contribution in [3.63, 3.8) is 0 Å². The fraction of sp³-hybridized carbons (Fsp3) is 0.235. The highest BCUT2D eigenvalue weighted by molar-refractivity contribution is 6.31. The SMILES string of the molecule is CCN(Cc1ccccc1N)Cc1ccc(C#N)cc1Cl. The number of benzene rings is 2. The van der Waals surface area contributed by atoms with Crippen LogP contribution < -0.4 is 5.73 Å². The van der Waals surface area contributed by atoms with Crippen molar-refractivity contribution < 1.29 is 0 Å². The van der Waals surface area contributed by atoms with Crippen LogP contribution in [0.25, 0.3) is 0 Å². The molecule has 0 unspecified atom stereocenters. The Morgan fingerprint density at radius 3 is 2.48 bits per heavy atom. The van der Waals surface area contributed by atoms with E-state index in [1.165, 1.54) is 0 Å². The summed E-state index contributed by atoms with van der Waals surface area (Å²) in [6.07, 6.45) is 0. The van der Waals surface area contributed by atoms with Gasteiger partial charge in [-0.25, -0.2) is 0 Å². The Morgan fingerprint density at radius 2 is 1.86 bits per heavy atom. The maximum atomic E-state index is 8.87. The van der Waals surface area contributed by atoms with Crippen LogP contribution in [0.4, 0.5) is 5.69 Å². The molecule has 0 heterocycles. The maximum absolute atomic E-state index is 8.87. The molecule has 0 aliphatic carbocycles. The van der Waals surface area contributed by atoms with Gasteiger partial charge in [0.15, 0.2) is 0 Å². The lowest BCUT2D eigenvalue weighted by Gasteiger charge is -2.22. The van der Waals surface area contributed by atoms with E-state index in [0.717, 1.165) is 36.4 Å². The minimum absolute atomic E-state index is 0.583. The van der Waals surface area contributed by atoms with Gasteiger partial charge in [-0.2, -0.15) is 5.26 Å². The van der Waals surface area contributed by atoms with Gasteiger partial charge in [0.25, 0.3) is 0 Å². The molecule has 0 fully saturated rings. The van der Waals surface area contributed by atoms with Gasteiger partial charge in [-0.05, 0) is 35.9 Å². The molecule has 2 aromatic carbocycles. The van der Waals surface area contributed by atoms with E-state index in [1.54, 1.807) is 12.1 Å². The topological polar surface area (TPSA) is 53.0 Å². The van der Waals surface area contributed by atoms with Crippen LogP contribution in [0.2, 0.25) is 5.02 Å². The Balaban J connectivity index is 2.13. The summed E-state index contributed by atoms with van der Waals surface area (Å²) >= 11 is 6.24. The molecular weight excluding hydrogens is 282 g/mol. The van der Waals surface area contributed by atoms with Gasteiger partial charge in [0, 0.05) is 23.8 Å². The van der Waals surface area contributed by atoms with Gasteiger partial charge in [0.05, 0.1) is 11.6 Å². The molecule has 2 rings (SSSR count). The molecular formula is C17H18ClN3. The highest BCUT2D eigenvalue weighted by atomic mass is 35.5. The number of rotatable bonds is 5. The smallest absolute Gasteiger partial charge is 0.0992 e. The second kappa shape index (κ2) is 7.12. The summed E-state index contributed by atoms with van der Waals surface area (Å²) in [6.45, 7) is 4.51. The number of hydrogen-bond donors (Lipinski definition) is 1. The van der Waals surface area contributed by atoms with Crippen molar-refractivity contribution >= 4 is 17.3 Å². The molecule has 0 amide bonds. The Morgan fingerprint density at radius 1 is 1.14 bits per heavy atom. The summed E-state index contributed by atoms with van der Waals surface area (Å²) < 4.78 is 0.